The minimum atomic E-state index is -0.385. The van der Waals surface area contributed by atoms with E-state index in [9.17, 15) is 5.11 Å². The molecule has 0 aromatic heterocycles. The molecule has 0 radical (unpaired) electrons. The molecule has 0 bridgehead atoms. The molecule has 19 heavy (non-hydrogen) atoms. The first-order valence-electron chi connectivity index (χ1n) is 7.63. The maximum absolute atomic E-state index is 10.1. The second kappa shape index (κ2) is 7.06. The molecular formula is C17H27NO. The van der Waals surface area contributed by atoms with Crippen LogP contribution in [0.5, 0.6) is 0 Å². The van der Waals surface area contributed by atoms with Crippen LogP contribution in [0.25, 0.3) is 0 Å². The van der Waals surface area contributed by atoms with Crippen molar-refractivity contribution in [2.45, 2.75) is 51.7 Å². The Balaban J connectivity index is 1.72. The van der Waals surface area contributed by atoms with Gasteiger partial charge >= 0.3 is 0 Å². The lowest BCUT2D eigenvalue weighted by Crippen LogP contribution is -2.36. The van der Waals surface area contributed by atoms with E-state index in [1.807, 2.05) is 30.3 Å². The highest BCUT2D eigenvalue weighted by atomic mass is 16.3. The molecule has 0 amide bonds. The maximum Gasteiger partial charge on any atom is 0.0914 e. The zero-order valence-corrected chi connectivity index (χ0v) is 12.2. The van der Waals surface area contributed by atoms with E-state index in [0.717, 1.165) is 17.4 Å². The van der Waals surface area contributed by atoms with Gasteiger partial charge in [0.1, 0.15) is 0 Å². The zero-order chi connectivity index (χ0) is 13.7. The monoisotopic (exact) mass is 261 g/mol. The lowest BCUT2D eigenvalue weighted by molar-refractivity contribution is 0.158. The standard InChI is InChI=1S/C17H27NO/c1-13(2)14-8-10-16(11-9-14)18-12-17(19)15-6-4-3-5-7-15/h3-7,13-14,16-19H,8-12H2,1-2H3. The summed E-state index contributed by atoms with van der Waals surface area (Å²) in [5, 5.41) is 13.7. The van der Waals surface area contributed by atoms with Gasteiger partial charge in [0, 0.05) is 12.6 Å². The van der Waals surface area contributed by atoms with Gasteiger partial charge in [0.2, 0.25) is 0 Å². The molecule has 1 atom stereocenters. The average Bonchev–Trinajstić information content (AvgIpc) is 2.46. The summed E-state index contributed by atoms with van der Waals surface area (Å²) in [7, 11) is 0. The molecule has 0 saturated heterocycles. The lowest BCUT2D eigenvalue weighted by Gasteiger charge is -2.32. The van der Waals surface area contributed by atoms with Crippen molar-refractivity contribution in [2.75, 3.05) is 6.54 Å². The van der Waals surface area contributed by atoms with Crippen molar-refractivity contribution in [3.63, 3.8) is 0 Å². The Morgan fingerprint density at radius 3 is 2.32 bits per heavy atom. The van der Waals surface area contributed by atoms with Crippen molar-refractivity contribution < 1.29 is 5.11 Å². The molecule has 1 aliphatic rings. The van der Waals surface area contributed by atoms with Gasteiger partial charge in [-0.2, -0.15) is 0 Å². The number of hydrogen-bond acceptors (Lipinski definition) is 2. The van der Waals surface area contributed by atoms with Gasteiger partial charge in [0.05, 0.1) is 6.10 Å². The van der Waals surface area contributed by atoms with E-state index in [-0.39, 0.29) is 6.10 Å². The van der Waals surface area contributed by atoms with Crippen molar-refractivity contribution in [3.05, 3.63) is 35.9 Å². The summed E-state index contributed by atoms with van der Waals surface area (Å²) in [6.45, 7) is 5.33. The van der Waals surface area contributed by atoms with E-state index in [1.54, 1.807) is 0 Å². The zero-order valence-electron chi connectivity index (χ0n) is 12.2. The highest BCUT2D eigenvalue weighted by Gasteiger charge is 2.23. The summed E-state index contributed by atoms with van der Waals surface area (Å²) >= 11 is 0. The van der Waals surface area contributed by atoms with Crippen molar-refractivity contribution in [1.82, 2.24) is 5.32 Å². The maximum atomic E-state index is 10.1. The summed E-state index contributed by atoms with van der Waals surface area (Å²) < 4.78 is 0. The van der Waals surface area contributed by atoms with Gasteiger partial charge in [-0.25, -0.2) is 0 Å². The number of aliphatic hydroxyl groups is 1. The lowest BCUT2D eigenvalue weighted by atomic mass is 9.79. The van der Waals surface area contributed by atoms with Gasteiger partial charge in [-0.3, -0.25) is 0 Å². The van der Waals surface area contributed by atoms with Gasteiger partial charge in [0.15, 0.2) is 0 Å². The van der Waals surface area contributed by atoms with E-state index in [0.29, 0.717) is 12.6 Å². The summed E-state index contributed by atoms with van der Waals surface area (Å²) in [4.78, 5) is 0. The minimum Gasteiger partial charge on any atom is -0.387 e. The van der Waals surface area contributed by atoms with Crippen molar-refractivity contribution in [2.24, 2.45) is 11.8 Å². The largest absolute Gasteiger partial charge is 0.387 e. The predicted molar refractivity (Wildman–Crippen MR) is 80.0 cm³/mol. The molecule has 1 fully saturated rings. The summed E-state index contributed by atoms with van der Waals surface area (Å²) in [5.41, 5.74) is 1.01. The molecule has 1 saturated carbocycles. The first kappa shape index (κ1) is 14.5. The SMILES string of the molecule is CC(C)C1CCC(NCC(O)c2ccccc2)CC1. The van der Waals surface area contributed by atoms with Crippen LogP contribution in [0, 0.1) is 11.8 Å². The molecule has 0 heterocycles. The number of hydrogen-bond donors (Lipinski definition) is 2. The van der Waals surface area contributed by atoms with E-state index < -0.39 is 0 Å². The molecule has 0 spiro atoms. The Morgan fingerprint density at radius 2 is 1.74 bits per heavy atom. The van der Waals surface area contributed by atoms with Crippen molar-refractivity contribution >= 4 is 0 Å². The molecule has 106 valence electrons. The fourth-order valence-electron chi connectivity index (χ4n) is 3.06. The fourth-order valence-corrected chi connectivity index (χ4v) is 3.06. The Labute approximate surface area is 117 Å². The first-order valence-corrected chi connectivity index (χ1v) is 7.63. The van der Waals surface area contributed by atoms with Crippen LogP contribution in [0.1, 0.15) is 51.2 Å². The van der Waals surface area contributed by atoms with Gasteiger partial charge in [-0.1, -0.05) is 44.2 Å². The Hall–Kier alpha value is -0.860. The summed E-state index contributed by atoms with van der Waals surface area (Å²) in [6.07, 6.45) is 4.78. The Morgan fingerprint density at radius 1 is 1.11 bits per heavy atom. The average molecular weight is 261 g/mol. The van der Waals surface area contributed by atoms with Crippen LogP contribution in [0.2, 0.25) is 0 Å². The van der Waals surface area contributed by atoms with Crippen LogP contribution in [0.4, 0.5) is 0 Å². The quantitative estimate of drug-likeness (QED) is 0.850. The van der Waals surface area contributed by atoms with Crippen molar-refractivity contribution in [3.8, 4) is 0 Å². The topological polar surface area (TPSA) is 32.3 Å². The highest BCUT2D eigenvalue weighted by Crippen LogP contribution is 2.30. The molecule has 2 nitrogen and oxygen atoms in total. The highest BCUT2D eigenvalue weighted by molar-refractivity contribution is 5.17. The van der Waals surface area contributed by atoms with Crippen LogP contribution in [-0.4, -0.2) is 17.7 Å². The number of rotatable bonds is 5. The van der Waals surface area contributed by atoms with Crippen LogP contribution in [0.3, 0.4) is 0 Å². The molecular weight excluding hydrogens is 234 g/mol. The summed E-state index contributed by atoms with van der Waals surface area (Å²) in [6, 6.07) is 10.5. The Bertz CT molecular complexity index is 355. The van der Waals surface area contributed by atoms with Gasteiger partial charge in [-0.05, 0) is 43.1 Å². The molecule has 0 aliphatic heterocycles. The molecule has 1 aromatic carbocycles. The molecule has 1 aliphatic carbocycles. The fraction of sp³-hybridized carbons (Fsp3) is 0.647. The second-order valence-corrected chi connectivity index (χ2v) is 6.19. The molecule has 1 unspecified atom stereocenters. The van der Waals surface area contributed by atoms with E-state index in [2.05, 4.69) is 19.2 Å². The molecule has 2 heteroatoms. The third-order valence-electron chi connectivity index (χ3n) is 4.50. The first-order chi connectivity index (χ1) is 9.16. The van der Waals surface area contributed by atoms with E-state index in [1.165, 1.54) is 25.7 Å². The van der Waals surface area contributed by atoms with Gasteiger partial charge < -0.3 is 10.4 Å². The van der Waals surface area contributed by atoms with Crippen LogP contribution >= 0.6 is 0 Å². The summed E-state index contributed by atoms with van der Waals surface area (Å²) in [5.74, 6) is 1.72. The van der Waals surface area contributed by atoms with Crippen molar-refractivity contribution in [1.29, 1.82) is 0 Å². The van der Waals surface area contributed by atoms with E-state index >= 15 is 0 Å². The normalized spacial score (nSPS) is 25.5. The van der Waals surface area contributed by atoms with Gasteiger partial charge in [0.25, 0.3) is 0 Å². The van der Waals surface area contributed by atoms with Gasteiger partial charge in [-0.15, -0.1) is 0 Å². The smallest absolute Gasteiger partial charge is 0.0914 e. The van der Waals surface area contributed by atoms with Crippen LogP contribution < -0.4 is 5.32 Å². The van der Waals surface area contributed by atoms with E-state index in [4.69, 9.17) is 0 Å². The minimum absolute atomic E-state index is 0.385. The number of nitrogens with one attached hydrogen (secondary N) is 1. The Kier molecular flexibility index (Phi) is 5.41. The predicted octanol–water partition coefficient (Wildman–Crippen LogP) is 3.52. The van der Waals surface area contributed by atoms with Crippen LogP contribution in [0.15, 0.2) is 30.3 Å². The second-order valence-electron chi connectivity index (χ2n) is 6.19. The molecule has 2 rings (SSSR count). The number of benzene rings is 1. The molecule has 2 N–H and O–H groups in total. The molecule has 1 aromatic rings. The third kappa shape index (κ3) is 4.32. The third-order valence-corrected chi connectivity index (χ3v) is 4.50. The van der Waals surface area contributed by atoms with Crippen LogP contribution in [-0.2, 0) is 0 Å². The number of aliphatic hydroxyl groups excluding tert-OH is 1.